The summed E-state index contributed by atoms with van der Waals surface area (Å²) in [6.45, 7) is 6.81. The third-order valence-electron chi connectivity index (χ3n) is 9.41. The SMILES string of the molecule is CC(C)(C)c1ccc(N2c3cc4ccccc4c4[c]3[Sb]3[c]5c(cc6ccccc6c5Oc5[c]3c2cc2ccccc52)O4)cc1. The van der Waals surface area contributed by atoms with Crippen LogP contribution in [0.3, 0.4) is 0 Å². The monoisotopic (exact) mass is 675 g/mol. The molecular formula is C40H28NO2Sb. The van der Waals surface area contributed by atoms with E-state index in [1.165, 1.54) is 49.0 Å². The molecule has 3 aliphatic rings. The fourth-order valence-electron chi connectivity index (χ4n) is 7.30. The van der Waals surface area contributed by atoms with Crippen LogP contribution in [0.25, 0.3) is 32.3 Å². The van der Waals surface area contributed by atoms with Crippen molar-refractivity contribution >= 4 is 80.1 Å². The Balaban J connectivity index is 1.37. The van der Waals surface area contributed by atoms with Gasteiger partial charge in [-0.05, 0) is 0 Å². The number of ether oxygens (including phenoxy) is 2. The summed E-state index contributed by atoms with van der Waals surface area (Å²) in [5, 5.41) is 7.05. The van der Waals surface area contributed by atoms with Gasteiger partial charge in [-0.25, -0.2) is 0 Å². The van der Waals surface area contributed by atoms with Crippen LogP contribution in [0.1, 0.15) is 26.3 Å². The molecule has 3 heterocycles. The third-order valence-corrected chi connectivity index (χ3v) is 16.9. The van der Waals surface area contributed by atoms with Crippen molar-refractivity contribution < 1.29 is 9.47 Å². The van der Waals surface area contributed by atoms with Gasteiger partial charge in [-0.2, -0.15) is 0 Å². The Morgan fingerprint density at radius 3 is 1.55 bits per heavy atom. The first-order valence-electron chi connectivity index (χ1n) is 15.2. The molecule has 7 aromatic rings. The maximum atomic E-state index is 7.15. The van der Waals surface area contributed by atoms with Gasteiger partial charge in [0.15, 0.2) is 0 Å². The molecule has 10 rings (SSSR count). The first-order chi connectivity index (χ1) is 21.5. The molecule has 0 atom stereocenters. The Bertz CT molecular complexity index is 2370. The third kappa shape index (κ3) is 3.23. The Labute approximate surface area is 263 Å². The van der Waals surface area contributed by atoms with Crippen LogP contribution in [0, 0.1) is 0 Å². The molecule has 7 aromatic carbocycles. The van der Waals surface area contributed by atoms with E-state index in [4.69, 9.17) is 9.47 Å². The molecule has 3 aliphatic heterocycles. The van der Waals surface area contributed by atoms with E-state index in [2.05, 4.69) is 141 Å². The Morgan fingerprint density at radius 1 is 0.523 bits per heavy atom. The van der Waals surface area contributed by atoms with E-state index in [1.807, 2.05) is 0 Å². The molecule has 0 bridgehead atoms. The van der Waals surface area contributed by atoms with Gasteiger partial charge in [-0.3, -0.25) is 0 Å². The molecule has 0 unspecified atom stereocenters. The molecule has 44 heavy (non-hydrogen) atoms. The van der Waals surface area contributed by atoms with Crippen LogP contribution in [0.15, 0.2) is 115 Å². The van der Waals surface area contributed by atoms with Crippen LogP contribution in [0.5, 0.6) is 23.0 Å². The molecule has 0 fully saturated rings. The molecule has 4 heteroatoms. The number of nitrogens with zero attached hydrogens (tertiary/aromatic N) is 1. The zero-order valence-corrected chi connectivity index (χ0v) is 27.2. The number of anilines is 3. The van der Waals surface area contributed by atoms with Crippen LogP contribution in [0.2, 0.25) is 0 Å². The van der Waals surface area contributed by atoms with Crippen LogP contribution in [-0.4, -0.2) is 20.2 Å². The standard InChI is InChI=1S/C40H28NO2.Sb/c1-40(2,3)29-16-18-30(19-17-29)41-31-20-26-10-4-7-13-34(26)37(23-31)42-33-22-28-12-6-9-15-36(28)39(25-33)43-38-24-32(41)21-27-11-5-8-14-35(27)38;/h4-22H,1-3H3;. The van der Waals surface area contributed by atoms with E-state index in [1.54, 1.807) is 0 Å². The van der Waals surface area contributed by atoms with E-state index in [-0.39, 0.29) is 5.41 Å². The van der Waals surface area contributed by atoms with Crippen LogP contribution in [-0.2, 0) is 5.41 Å². The Morgan fingerprint density at radius 2 is 1.00 bits per heavy atom. The number of fused-ring (bicyclic) bond motifs is 6. The molecule has 3 nitrogen and oxygen atoms in total. The maximum absolute atomic E-state index is 7.15. The molecule has 0 saturated heterocycles. The molecule has 0 aromatic heterocycles. The summed E-state index contributed by atoms with van der Waals surface area (Å²) in [4.78, 5) is 2.48. The van der Waals surface area contributed by atoms with E-state index in [0.29, 0.717) is 0 Å². The van der Waals surface area contributed by atoms with Crippen molar-refractivity contribution in [2.24, 2.45) is 0 Å². The summed E-state index contributed by atoms with van der Waals surface area (Å²) in [5.74, 6) is 4.00. The van der Waals surface area contributed by atoms with Crippen molar-refractivity contribution in [2.45, 2.75) is 26.2 Å². The van der Waals surface area contributed by atoms with Gasteiger partial charge in [0.05, 0.1) is 0 Å². The van der Waals surface area contributed by atoms with Crippen molar-refractivity contribution in [1.82, 2.24) is 0 Å². The topological polar surface area (TPSA) is 21.7 Å². The van der Waals surface area contributed by atoms with Crippen LogP contribution in [0.4, 0.5) is 17.1 Å². The van der Waals surface area contributed by atoms with Gasteiger partial charge in [0.1, 0.15) is 0 Å². The van der Waals surface area contributed by atoms with Crippen molar-refractivity contribution in [3.05, 3.63) is 121 Å². The van der Waals surface area contributed by atoms with Crippen LogP contribution >= 0.6 is 0 Å². The fraction of sp³-hybridized carbons (Fsp3) is 0.100. The Hall–Kier alpha value is -4.46. The van der Waals surface area contributed by atoms with Crippen molar-refractivity contribution in [1.29, 1.82) is 0 Å². The number of hydrogen-bond donors (Lipinski definition) is 0. The van der Waals surface area contributed by atoms with Gasteiger partial charge in [0, 0.05) is 0 Å². The van der Waals surface area contributed by atoms with E-state index in [0.717, 1.165) is 39.5 Å². The molecule has 0 saturated carbocycles. The fourth-order valence-corrected chi connectivity index (χ4v) is 15.6. The zero-order valence-electron chi connectivity index (χ0n) is 24.7. The Kier molecular flexibility index (Phi) is 4.86. The quantitative estimate of drug-likeness (QED) is 0.162. The molecule has 0 spiro atoms. The second kappa shape index (κ2) is 8.58. The summed E-state index contributed by atoms with van der Waals surface area (Å²) >= 11 is -2.68. The molecule has 210 valence electrons. The second-order valence-corrected chi connectivity index (χ2v) is 18.8. The van der Waals surface area contributed by atoms with Crippen LogP contribution < -0.4 is 24.9 Å². The van der Waals surface area contributed by atoms with Gasteiger partial charge in [0.2, 0.25) is 0 Å². The normalized spacial score (nSPS) is 14.5. The molecular weight excluding hydrogens is 648 g/mol. The van der Waals surface area contributed by atoms with Crippen molar-refractivity contribution in [3.63, 3.8) is 0 Å². The summed E-state index contributed by atoms with van der Waals surface area (Å²) in [6.07, 6.45) is 0. The van der Waals surface area contributed by atoms with E-state index in [9.17, 15) is 0 Å². The number of benzene rings is 7. The van der Waals surface area contributed by atoms with Gasteiger partial charge < -0.3 is 0 Å². The summed E-state index contributed by atoms with van der Waals surface area (Å²) in [7, 11) is 0. The van der Waals surface area contributed by atoms with E-state index >= 15 is 0 Å². The van der Waals surface area contributed by atoms with E-state index < -0.39 is 20.2 Å². The first kappa shape index (κ1) is 24.9. The molecule has 0 aliphatic carbocycles. The van der Waals surface area contributed by atoms with Gasteiger partial charge in [0.25, 0.3) is 0 Å². The summed E-state index contributed by atoms with van der Waals surface area (Å²) in [5.41, 5.74) is 5.04. The average Bonchev–Trinajstić information content (AvgIpc) is 3.04. The minimum atomic E-state index is -2.68. The average molecular weight is 676 g/mol. The number of hydrogen-bond acceptors (Lipinski definition) is 3. The number of rotatable bonds is 1. The second-order valence-electron chi connectivity index (χ2n) is 13.0. The summed E-state index contributed by atoms with van der Waals surface area (Å²) in [6, 6.07) is 42.2. The summed E-state index contributed by atoms with van der Waals surface area (Å²) < 4.78 is 18.3. The molecule has 0 radical (unpaired) electrons. The molecule has 0 amide bonds. The molecule has 0 N–H and O–H groups in total. The first-order valence-corrected chi connectivity index (χ1v) is 19.0. The van der Waals surface area contributed by atoms with Crippen molar-refractivity contribution in [3.8, 4) is 23.0 Å². The van der Waals surface area contributed by atoms with Gasteiger partial charge >= 0.3 is 265 Å². The predicted octanol–water partition coefficient (Wildman–Crippen LogP) is 8.95. The predicted molar refractivity (Wildman–Crippen MR) is 184 cm³/mol. The van der Waals surface area contributed by atoms with Crippen molar-refractivity contribution in [2.75, 3.05) is 4.90 Å². The minimum absolute atomic E-state index is 0.0788. The van der Waals surface area contributed by atoms with Gasteiger partial charge in [-0.1, -0.05) is 0 Å². The van der Waals surface area contributed by atoms with Gasteiger partial charge in [-0.15, -0.1) is 0 Å². The zero-order chi connectivity index (χ0) is 29.3.